The number of nitrogens with two attached hydrogens (primary N) is 1. The lowest BCUT2D eigenvalue weighted by Gasteiger charge is -2.12. The average Bonchev–Trinajstić information content (AvgIpc) is 3.28. The molecule has 0 saturated carbocycles. The number of hydrogen-bond acceptors (Lipinski definition) is 5. The molecule has 2 aromatic carbocycles. The van der Waals surface area contributed by atoms with Gasteiger partial charge >= 0.3 is 0 Å². The molecule has 2 heterocycles. The van der Waals surface area contributed by atoms with E-state index in [4.69, 9.17) is 11.0 Å². The molecule has 0 fully saturated rings. The predicted molar refractivity (Wildman–Crippen MR) is 119 cm³/mol. The summed E-state index contributed by atoms with van der Waals surface area (Å²) < 4.78 is 1.88. The van der Waals surface area contributed by atoms with Crippen LogP contribution < -0.4 is 5.73 Å². The van der Waals surface area contributed by atoms with E-state index >= 15 is 0 Å². The van der Waals surface area contributed by atoms with E-state index < -0.39 is 0 Å². The number of aromatic nitrogens is 1. The lowest BCUT2D eigenvalue weighted by Crippen LogP contribution is -2.29. The lowest BCUT2D eigenvalue weighted by atomic mass is 10.1. The van der Waals surface area contributed by atoms with Gasteiger partial charge in [-0.1, -0.05) is 18.2 Å². The first kappa shape index (κ1) is 21.0. The third kappa shape index (κ3) is 3.53. The molecule has 1 aliphatic heterocycles. The molecular weight excluding hydrogens is 404 g/mol. The van der Waals surface area contributed by atoms with E-state index in [1.54, 1.807) is 66.7 Å². The summed E-state index contributed by atoms with van der Waals surface area (Å²) in [7, 11) is 0. The zero-order valence-corrected chi connectivity index (χ0v) is 17.4. The molecule has 0 spiro atoms. The molecule has 7 heteroatoms. The summed E-state index contributed by atoms with van der Waals surface area (Å²) in [6.45, 7) is 1.81. The van der Waals surface area contributed by atoms with Gasteiger partial charge in [0.15, 0.2) is 5.78 Å². The second kappa shape index (κ2) is 8.46. The highest BCUT2D eigenvalue weighted by atomic mass is 16.2. The summed E-state index contributed by atoms with van der Waals surface area (Å²) in [6, 6.07) is 17.6. The molecule has 0 bridgehead atoms. The van der Waals surface area contributed by atoms with E-state index in [1.165, 1.54) is 4.90 Å². The number of fused-ring (bicyclic) bond motifs is 1. The molecule has 0 atom stereocenters. The minimum atomic E-state index is -0.326. The Hall–Kier alpha value is -4.28. The molecular formula is C25H20N4O3. The van der Waals surface area contributed by atoms with Gasteiger partial charge in [-0.05, 0) is 55.5 Å². The molecule has 4 rings (SSSR count). The van der Waals surface area contributed by atoms with Gasteiger partial charge in [0.25, 0.3) is 11.8 Å². The number of imide groups is 1. The smallest absolute Gasteiger partial charge is 0.261 e. The average molecular weight is 424 g/mol. The molecule has 7 nitrogen and oxygen atoms in total. The highest BCUT2D eigenvalue weighted by Gasteiger charge is 2.34. The Labute approximate surface area is 185 Å². The van der Waals surface area contributed by atoms with Gasteiger partial charge in [0.05, 0.1) is 29.3 Å². The maximum Gasteiger partial charge on any atom is 0.261 e. The molecule has 32 heavy (non-hydrogen) atoms. The van der Waals surface area contributed by atoms with Crippen LogP contribution in [-0.2, 0) is 0 Å². The second-order valence-corrected chi connectivity index (χ2v) is 7.36. The summed E-state index contributed by atoms with van der Waals surface area (Å²) in [5.74, 6) is -0.842. The minimum absolute atomic E-state index is 0.101. The fourth-order valence-electron chi connectivity index (χ4n) is 3.86. The van der Waals surface area contributed by atoms with Crippen molar-refractivity contribution in [2.75, 3.05) is 13.1 Å². The van der Waals surface area contributed by atoms with Gasteiger partial charge in [0.1, 0.15) is 0 Å². The lowest BCUT2D eigenvalue weighted by molar-refractivity contribution is 0.0672. The van der Waals surface area contributed by atoms with Crippen molar-refractivity contribution in [3.05, 3.63) is 94.3 Å². The molecule has 3 aromatic rings. The highest BCUT2D eigenvalue weighted by Crippen LogP contribution is 2.25. The number of benzene rings is 2. The van der Waals surface area contributed by atoms with Crippen LogP contribution in [0.2, 0.25) is 0 Å². The van der Waals surface area contributed by atoms with Gasteiger partial charge in [-0.25, -0.2) is 0 Å². The number of amides is 2. The first-order valence-electron chi connectivity index (χ1n) is 10.0. The molecule has 2 N–H and O–H groups in total. The first-order chi connectivity index (χ1) is 15.5. The third-order valence-electron chi connectivity index (χ3n) is 5.47. The summed E-state index contributed by atoms with van der Waals surface area (Å²) in [5, 5.41) is 9.06. The van der Waals surface area contributed by atoms with Crippen LogP contribution in [0.3, 0.4) is 0 Å². The maximum atomic E-state index is 12.6. The van der Waals surface area contributed by atoms with Gasteiger partial charge in [-0.3, -0.25) is 19.3 Å². The van der Waals surface area contributed by atoms with E-state index in [9.17, 15) is 14.4 Å². The van der Waals surface area contributed by atoms with Crippen LogP contribution in [-0.4, -0.2) is 40.2 Å². The van der Waals surface area contributed by atoms with Crippen molar-refractivity contribution in [1.29, 1.82) is 5.26 Å². The van der Waals surface area contributed by atoms with Crippen molar-refractivity contribution < 1.29 is 14.4 Å². The minimum Gasteiger partial charge on any atom is -0.324 e. The summed E-state index contributed by atoms with van der Waals surface area (Å²) >= 11 is 0. The monoisotopic (exact) mass is 424 g/mol. The fraction of sp³-hybridized carbons (Fsp3) is 0.120. The summed E-state index contributed by atoms with van der Waals surface area (Å²) in [5.41, 5.74) is 9.58. The maximum absolute atomic E-state index is 12.6. The normalized spacial score (nSPS) is 13.0. The number of carbonyl (C=O) groups is 3. The van der Waals surface area contributed by atoms with E-state index in [0.717, 1.165) is 5.69 Å². The number of Topliss-reactive ketones (excluding diaryl/α,β-unsaturated/α-hetero) is 1. The molecule has 0 radical (unpaired) electrons. The van der Waals surface area contributed by atoms with Crippen molar-refractivity contribution in [2.24, 2.45) is 5.73 Å². The van der Waals surface area contributed by atoms with Gasteiger partial charge in [0.2, 0.25) is 0 Å². The standard InChI is InChI=1S/C25H20N4O3/c1-16-22(23(30)15-27)13-19(29(16)18-10-8-17(14-26)9-11-18)5-4-12-28-24(31)20-6-2-3-7-21(20)25(28)32/h2-11,13H,12,15,27H2,1H3/b5-4+. The van der Waals surface area contributed by atoms with E-state index in [2.05, 4.69) is 6.07 Å². The fourth-order valence-corrected chi connectivity index (χ4v) is 3.86. The highest BCUT2D eigenvalue weighted by molar-refractivity contribution is 6.21. The van der Waals surface area contributed by atoms with Crippen LogP contribution in [0.4, 0.5) is 0 Å². The molecule has 1 aromatic heterocycles. The number of nitrogens with zero attached hydrogens (tertiary/aromatic N) is 3. The van der Waals surface area contributed by atoms with Gasteiger partial charge in [0, 0.05) is 29.2 Å². The SMILES string of the molecule is Cc1c(C(=O)CN)cc(/C=C/CN2C(=O)c3ccccc3C2=O)n1-c1ccc(C#N)cc1. The number of ketones is 1. The van der Waals surface area contributed by atoms with Crippen LogP contribution in [0.1, 0.15) is 48.0 Å². The quantitative estimate of drug-likeness (QED) is 0.483. The largest absolute Gasteiger partial charge is 0.324 e. The Morgan fingerprint density at radius 3 is 2.25 bits per heavy atom. The topological polar surface area (TPSA) is 109 Å². The Morgan fingerprint density at radius 1 is 1.06 bits per heavy atom. The zero-order valence-electron chi connectivity index (χ0n) is 17.4. The van der Waals surface area contributed by atoms with Crippen molar-refractivity contribution in [3.8, 4) is 11.8 Å². The van der Waals surface area contributed by atoms with E-state index in [1.807, 2.05) is 11.5 Å². The van der Waals surface area contributed by atoms with Crippen molar-refractivity contribution in [2.45, 2.75) is 6.92 Å². The summed E-state index contributed by atoms with van der Waals surface area (Å²) in [6.07, 6.45) is 3.48. The zero-order chi connectivity index (χ0) is 22.8. The van der Waals surface area contributed by atoms with E-state index in [0.29, 0.717) is 33.6 Å². The van der Waals surface area contributed by atoms with Crippen molar-refractivity contribution in [1.82, 2.24) is 9.47 Å². The van der Waals surface area contributed by atoms with Gasteiger partial charge < -0.3 is 10.3 Å². The third-order valence-corrected chi connectivity index (χ3v) is 5.47. The predicted octanol–water partition coefficient (Wildman–Crippen LogP) is 3.11. The number of nitriles is 1. The molecule has 158 valence electrons. The van der Waals surface area contributed by atoms with Crippen LogP contribution in [0.5, 0.6) is 0 Å². The molecule has 0 unspecified atom stereocenters. The van der Waals surface area contributed by atoms with Gasteiger partial charge in [-0.15, -0.1) is 0 Å². The van der Waals surface area contributed by atoms with Crippen LogP contribution >= 0.6 is 0 Å². The number of rotatable bonds is 6. The molecule has 0 saturated heterocycles. The number of hydrogen-bond donors (Lipinski definition) is 1. The molecule has 1 aliphatic rings. The van der Waals surface area contributed by atoms with Gasteiger partial charge in [-0.2, -0.15) is 5.26 Å². The Balaban J connectivity index is 1.66. The second-order valence-electron chi connectivity index (χ2n) is 7.36. The Kier molecular flexibility index (Phi) is 5.54. The molecule has 0 aliphatic carbocycles. The molecule has 2 amide bonds. The summed E-state index contributed by atoms with van der Waals surface area (Å²) in [4.78, 5) is 38.6. The van der Waals surface area contributed by atoms with Crippen molar-refractivity contribution in [3.63, 3.8) is 0 Å². The van der Waals surface area contributed by atoms with Crippen molar-refractivity contribution >= 4 is 23.7 Å². The Bertz CT molecular complexity index is 1270. The van der Waals surface area contributed by atoms with Crippen LogP contribution in [0, 0.1) is 18.3 Å². The van der Waals surface area contributed by atoms with E-state index in [-0.39, 0.29) is 30.7 Å². The van der Waals surface area contributed by atoms with Crippen LogP contribution in [0.25, 0.3) is 11.8 Å². The first-order valence-corrected chi connectivity index (χ1v) is 10.0. The Morgan fingerprint density at radius 2 is 1.69 bits per heavy atom. The van der Waals surface area contributed by atoms with Crippen LogP contribution in [0.15, 0.2) is 60.7 Å². The number of carbonyl (C=O) groups excluding carboxylic acids is 3.